The van der Waals surface area contributed by atoms with E-state index in [0.717, 1.165) is 5.56 Å². The van der Waals surface area contributed by atoms with Gasteiger partial charge >= 0.3 is 0 Å². The lowest BCUT2D eigenvalue weighted by Gasteiger charge is -2.38. The Bertz CT molecular complexity index is 956. The molecule has 1 amide bonds. The summed E-state index contributed by atoms with van der Waals surface area (Å²) in [5.74, 6) is 0.985. The highest BCUT2D eigenvalue weighted by molar-refractivity contribution is 5.92. The fourth-order valence-electron chi connectivity index (χ4n) is 3.32. The Morgan fingerprint density at radius 3 is 2.79 bits per heavy atom. The van der Waals surface area contributed by atoms with Gasteiger partial charge in [0.05, 0.1) is 25.5 Å². The van der Waals surface area contributed by atoms with Gasteiger partial charge in [-0.2, -0.15) is 0 Å². The predicted octanol–water partition coefficient (Wildman–Crippen LogP) is 1.31. The number of hydrogen-bond acceptors (Lipinski definition) is 7. The van der Waals surface area contributed by atoms with Gasteiger partial charge in [-0.05, 0) is 42.5 Å². The van der Waals surface area contributed by atoms with E-state index >= 15 is 0 Å². The molecule has 1 aliphatic rings. The zero-order valence-corrected chi connectivity index (χ0v) is 15.3. The summed E-state index contributed by atoms with van der Waals surface area (Å²) < 4.78 is 6.88. The monoisotopic (exact) mass is 380 g/mol. The third-order valence-corrected chi connectivity index (χ3v) is 4.89. The third kappa shape index (κ3) is 3.70. The van der Waals surface area contributed by atoms with Crippen LogP contribution in [0.4, 0.5) is 0 Å². The molecular formula is C19H20N6O3. The van der Waals surface area contributed by atoms with Crippen molar-refractivity contribution in [2.45, 2.75) is 25.0 Å². The lowest BCUT2D eigenvalue weighted by atomic mass is 9.75. The van der Waals surface area contributed by atoms with Crippen molar-refractivity contribution in [3.8, 4) is 11.6 Å². The smallest absolute Gasteiger partial charge is 0.270 e. The Morgan fingerprint density at radius 2 is 2.07 bits per heavy atom. The molecule has 3 aromatic rings. The number of nitrogens with one attached hydrogen (secondary N) is 1. The summed E-state index contributed by atoms with van der Waals surface area (Å²) >= 11 is 0. The van der Waals surface area contributed by atoms with Gasteiger partial charge in [-0.25, -0.2) is 4.98 Å². The number of pyridine rings is 2. The number of amides is 1. The van der Waals surface area contributed by atoms with Crippen LogP contribution in [-0.4, -0.2) is 49.0 Å². The van der Waals surface area contributed by atoms with E-state index in [1.807, 2.05) is 6.07 Å². The summed E-state index contributed by atoms with van der Waals surface area (Å²) in [5, 5.41) is 20.3. The minimum atomic E-state index is -0.335. The highest BCUT2D eigenvalue weighted by atomic mass is 16.5. The lowest BCUT2D eigenvalue weighted by molar-refractivity contribution is 0.0234. The SMILES string of the molecule is COc1cncc([C@H](NC(=O)c2cccc(-n3cnnc3)n2)C2CC(O)C2)c1. The van der Waals surface area contributed by atoms with Crippen molar-refractivity contribution < 1.29 is 14.6 Å². The van der Waals surface area contributed by atoms with Crippen LogP contribution < -0.4 is 10.1 Å². The molecule has 3 aromatic heterocycles. The largest absolute Gasteiger partial charge is 0.495 e. The maximum absolute atomic E-state index is 12.9. The molecule has 2 N–H and O–H groups in total. The minimum Gasteiger partial charge on any atom is -0.495 e. The zero-order chi connectivity index (χ0) is 19.5. The van der Waals surface area contributed by atoms with Crippen LogP contribution >= 0.6 is 0 Å². The van der Waals surface area contributed by atoms with Crippen LogP contribution in [-0.2, 0) is 0 Å². The summed E-state index contributed by atoms with van der Waals surface area (Å²) in [4.78, 5) is 21.5. The van der Waals surface area contributed by atoms with Crippen LogP contribution in [0.15, 0.2) is 49.3 Å². The summed E-state index contributed by atoms with van der Waals surface area (Å²) in [6.45, 7) is 0. The Hall–Kier alpha value is -3.33. The highest BCUT2D eigenvalue weighted by Gasteiger charge is 2.36. The molecule has 1 fully saturated rings. The number of rotatable bonds is 6. The Labute approximate surface area is 161 Å². The Balaban J connectivity index is 1.58. The molecule has 0 spiro atoms. The standard InChI is InChI=1S/C19H20N6O3/c1-28-15-7-13(8-20-9-15)18(12-5-14(26)6-12)24-19(27)16-3-2-4-17(23-16)25-10-21-22-11-25/h2-4,7-12,14,18,26H,5-6H2,1H3,(H,24,27)/t12?,14?,18-/m1/s1. The van der Waals surface area contributed by atoms with E-state index in [1.54, 1.807) is 42.3 Å². The van der Waals surface area contributed by atoms with Gasteiger partial charge in [0.15, 0.2) is 0 Å². The fourth-order valence-corrected chi connectivity index (χ4v) is 3.32. The summed E-state index contributed by atoms with van der Waals surface area (Å²) in [6, 6.07) is 6.74. The van der Waals surface area contributed by atoms with Gasteiger partial charge in [0.1, 0.15) is 29.9 Å². The molecule has 0 saturated heterocycles. The average molecular weight is 380 g/mol. The molecular weight excluding hydrogens is 360 g/mol. The third-order valence-electron chi connectivity index (χ3n) is 4.89. The Kier molecular flexibility index (Phi) is 4.98. The molecule has 1 atom stereocenters. The number of ether oxygens (including phenoxy) is 1. The second kappa shape index (κ2) is 7.73. The first-order chi connectivity index (χ1) is 13.6. The summed E-state index contributed by atoms with van der Waals surface area (Å²) in [6.07, 6.45) is 7.27. The molecule has 0 unspecified atom stereocenters. The molecule has 144 valence electrons. The highest BCUT2D eigenvalue weighted by Crippen LogP contribution is 2.38. The Morgan fingerprint density at radius 1 is 1.29 bits per heavy atom. The first kappa shape index (κ1) is 18.1. The first-order valence-corrected chi connectivity index (χ1v) is 8.94. The fraction of sp³-hybridized carbons (Fsp3) is 0.316. The van der Waals surface area contributed by atoms with Crippen molar-refractivity contribution >= 4 is 5.91 Å². The number of aliphatic hydroxyl groups is 1. The minimum absolute atomic E-state index is 0.119. The average Bonchev–Trinajstić information content (AvgIpc) is 3.25. The number of nitrogens with zero attached hydrogens (tertiary/aromatic N) is 5. The van der Waals surface area contributed by atoms with Crippen molar-refractivity contribution in [1.29, 1.82) is 0 Å². The van der Waals surface area contributed by atoms with E-state index in [1.165, 1.54) is 12.7 Å². The maximum Gasteiger partial charge on any atom is 0.270 e. The number of carbonyl (C=O) groups excluding carboxylic acids is 1. The molecule has 0 bridgehead atoms. The molecule has 28 heavy (non-hydrogen) atoms. The predicted molar refractivity (Wildman–Crippen MR) is 98.9 cm³/mol. The van der Waals surface area contributed by atoms with Crippen LogP contribution in [0.1, 0.15) is 34.9 Å². The molecule has 1 saturated carbocycles. The normalized spacial score (nSPS) is 19.5. The van der Waals surface area contributed by atoms with Crippen molar-refractivity contribution in [2.24, 2.45) is 5.92 Å². The summed E-state index contributed by atoms with van der Waals surface area (Å²) in [7, 11) is 1.57. The zero-order valence-electron chi connectivity index (χ0n) is 15.3. The van der Waals surface area contributed by atoms with Gasteiger partial charge in [0.2, 0.25) is 0 Å². The van der Waals surface area contributed by atoms with Gasteiger partial charge in [-0.15, -0.1) is 10.2 Å². The van der Waals surface area contributed by atoms with Crippen LogP contribution in [0.2, 0.25) is 0 Å². The van der Waals surface area contributed by atoms with E-state index in [9.17, 15) is 9.90 Å². The van der Waals surface area contributed by atoms with Gasteiger partial charge in [0, 0.05) is 6.20 Å². The number of carbonyl (C=O) groups is 1. The number of hydrogen-bond donors (Lipinski definition) is 2. The van der Waals surface area contributed by atoms with E-state index < -0.39 is 0 Å². The number of aromatic nitrogens is 5. The summed E-state index contributed by atoms with van der Waals surface area (Å²) in [5.41, 5.74) is 1.12. The number of aliphatic hydroxyl groups excluding tert-OH is 1. The molecule has 0 aliphatic heterocycles. The maximum atomic E-state index is 12.9. The van der Waals surface area contributed by atoms with Crippen molar-refractivity contribution in [3.05, 3.63) is 60.6 Å². The quantitative estimate of drug-likeness (QED) is 0.662. The van der Waals surface area contributed by atoms with Gasteiger partial charge < -0.3 is 15.2 Å². The van der Waals surface area contributed by atoms with Gasteiger partial charge in [-0.1, -0.05) is 6.07 Å². The second-order valence-electron chi connectivity index (χ2n) is 6.74. The molecule has 9 nitrogen and oxygen atoms in total. The molecule has 0 radical (unpaired) electrons. The van der Waals surface area contributed by atoms with E-state index in [4.69, 9.17) is 4.74 Å². The number of methoxy groups -OCH3 is 1. The molecule has 0 aromatic carbocycles. The van der Waals surface area contributed by atoms with E-state index in [-0.39, 0.29) is 29.7 Å². The van der Waals surface area contributed by atoms with Crippen LogP contribution in [0, 0.1) is 5.92 Å². The van der Waals surface area contributed by atoms with Gasteiger partial charge in [-0.3, -0.25) is 14.3 Å². The van der Waals surface area contributed by atoms with Crippen molar-refractivity contribution in [3.63, 3.8) is 0 Å². The molecule has 1 aliphatic carbocycles. The lowest BCUT2D eigenvalue weighted by Crippen LogP contribution is -2.41. The van der Waals surface area contributed by atoms with Crippen LogP contribution in [0.3, 0.4) is 0 Å². The first-order valence-electron chi connectivity index (χ1n) is 8.94. The van der Waals surface area contributed by atoms with Gasteiger partial charge in [0.25, 0.3) is 5.91 Å². The van der Waals surface area contributed by atoms with Crippen LogP contribution in [0.5, 0.6) is 5.75 Å². The van der Waals surface area contributed by atoms with E-state index in [2.05, 4.69) is 25.5 Å². The topological polar surface area (TPSA) is 115 Å². The van der Waals surface area contributed by atoms with Crippen molar-refractivity contribution in [1.82, 2.24) is 30.0 Å². The molecule has 4 rings (SSSR count). The molecule has 3 heterocycles. The van der Waals surface area contributed by atoms with Crippen molar-refractivity contribution in [2.75, 3.05) is 7.11 Å². The van der Waals surface area contributed by atoms with E-state index in [0.29, 0.717) is 24.4 Å². The van der Waals surface area contributed by atoms with Crippen LogP contribution in [0.25, 0.3) is 5.82 Å². The second-order valence-corrected chi connectivity index (χ2v) is 6.74. The molecule has 9 heteroatoms.